The summed E-state index contributed by atoms with van der Waals surface area (Å²) >= 11 is 7.87. The fourth-order valence-electron chi connectivity index (χ4n) is 8.97. The molecule has 1 aliphatic carbocycles. The maximum absolute atomic E-state index is 15.2. The van der Waals surface area contributed by atoms with E-state index in [0.717, 1.165) is 25.1 Å². The van der Waals surface area contributed by atoms with Crippen molar-refractivity contribution in [3.05, 3.63) is 115 Å². The Kier molecular flexibility index (Phi) is 7.82. The number of aromatic nitrogens is 5. The van der Waals surface area contributed by atoms with Crippen molar-refractivity contribution < 1.29 is 24.2 Å². The molecule has 0 radical (unpaired) electrons. The molecule has 1 saturated carbocycles. The highest BCUT2D eigenvalue weighted by atomic mass is 35.5. The topological polar surface area (TPSA) is 143 Å². The molecule has 1 N–H and O–H groups in total. The van der Waals surface area contributed by atoms with Crippen LogP contribution in [0.4, 0.5) is 5.82 Å². The number of phenols is 1. The van der Waals surface area contributed by atoms with Crippen molar-refractivity contribution in [2.45, 2.75) is 38.8 Å². The van der Waals surface area contributed by atoms with Crippen LogP contribution in [0.5, 0.6) is 17.2 Å². The first-order valence-corrected chi connectivity index (χ1v) is 18.8. The van der Waals surface area contributed by atoms with Gasteiger partial charge in [0.15, 0.2) is 11.5 Å². The Morgan fingerprint density at radius 2 is 1.67 bits per heavy atom. The number of ether oxygens (including phenoxy) is 2. The van der Waals surface area contributed by atoms with Gasteiger partial charge in [0.1, 0.15) is 11.5 Å². The number of carbonyl (C=O) groups is 2. The lowest BCUT2D eigenvalue weighted by Crippen LogP contribution is -2.49. The number of aromatic hydroxyl groups is 1. The predicted molar refractivity (Wildman–Crippen MR) is 208 cm³/mol. The lowest BCUT2D eigenvalue weighted by molar-refractivity contribution is -0.129. The fourth-order valence-corrected chi connectivity index (χ4v) is 10.3. The van der Waals surface area contributed by atoms with Crippen LogP contribution in [0.2, 0.25) is 5.02 Å². The van der Waals surface area contributed by atoms with Gasteiger partial charge in [0.2, 0.25) is 17.6 Å². The predicted octanol–water partition coefficient (Wildman–Crippen LogP) is 5.97. The number of carbonyl (C=O) groups excluding carboxylic acids is 2. The highest BCUT2D eigenvalue weighted by molar-refractivity contribution is 7.22. The van der Waals surface area contributed by atoms with Crippen molar-refractivity contribution in [3.63, 3.8) is 0 Å². The van der Waals surface area contributed by atoms with Crippen molar-refractivity contribution in [1.29, 1.82) is 0 Å². The number of imide groups is 1. The molecule has 5 heterocycles. The van der Waals surface area contributed by atoms with Crippen LogP contribution < -0.4 is 25.8 Å². The van der Waals surface area contributed by atoms with E-state index in [2.05, 4.69) is 0 Å². The standard InChI is InChI=1S/C40H35ClN6O7S/c1-20-25-17-22(41)11-12-31(25)55-35(20)27-19-32(43(3)42-27)46-36(49)26-18-28-24(13-14-44-38(51)45(39(52)47(28)44)23-9-7-6-8-10-23)33(40(26,2)37(46)50)21-15-29(53-4)34(48)30(16-21)54-5/h6-13,15-17,19,26,28,33,48H,14,18H2,1-5H3/t26-,28+,33-,40+/m0/s1. The molecular weight excluding hydrogens is 744 g/mol. The Morgan fingerprint density at radius 3 is 2.36 bits per heavy atom. The Balaban J connectivity index is 1.22. The van der Waals surface area contributed by atoms with Crippen molar-refractivity contribution in [2.24, 2.45) is 18.4 Å². The van der Waals surface area contributed by atoms with Crippen LogP contribution in [0, 0.1) is 18.3 Å². The summed E-state index contributed by atoms with van der Waals surface area (Å²) in [6.45, 7) is 3.83. The van der Waals surface area contributed by atoms with Crippen molar-refractivity contribution in [1.82, 2.24) is 23.7 Å². The molecule has 2 aliphatic heterocycles. The van der Waals surface area contributed by atoms with Gasteiger partial charge in [-0.25, -0.2) is 28.4 Å². The largest absolute Gasteiger partial charge is 0.502 e. The molecule has 6 aromatic rings. The van der Waals surface area contributed by atoms with Gasteiger partial charge in [0.25, 0.3) is 0 Å². The zero-order chi connectivity index (χ0) is 38.7. The summed E-state index contributed by atoms with van der Waals surface area (Å²) in [7, 11) is 4.52. The molecule has 3 aromatic heterocycles. The Bertz CT molecular complexity index is 2750. The van der Waals surface area contributed by atoms with Crippen LogP contribution in [0.3, 0.4) is 0 Å². The summed E-state index contributed by atoms with van der Waals surface area (Å²) < 4.78 is 17.6. The van der Waals surface area contributed by atoms with E-state index in [1.165, 1.54) is 28.5 Å². The SMILES string of the molecule is COc1cc([C@H]2C3=CCn4c(=O)n(-c5ccccc5)c(=O)n4[C@@H]3C[C@H]3C(=O)N(c4cc(-c5sc6ccc(Cl)cc6c5C)nn4C)C(=O)[C@@]23C)cc(OC)c1O. The van der Waals surface area contributed by atoms with E-state index < -0.39 is 46.5 Å². The zero-order valence-corrected chi connectivity index (χ0v) is 32.0. The Hall–Kier alpha value is -5.86. The van der Waals surface area contributed by atoms with Gasteiger partial charge in [-0.05, 0) is 84.8 Å². The number of thiophene rings is 1. The number of para-hydroxylation sites is 1. The van der Waals surface area contributed by atoms with Gasteiger partial charge >= 0.3 is 11.4 Å². The average Bonchev–Trinajstić information content (AvgIpc) is 3.85. The lowest BCUT2D eigenvalue weighted by Gasteiger charge is -2.47. The molecule has 2 fully saturated rings. The smallest absolute Gasteiger partial charge is 0.352 e. The minimum Gasteiger partial charge on any atom is -0.502 e. The molecule has 0 bridgehead atoms. The second kappa shape index (κ2) is 12.3. The van der Waals surface area contributed by atoms with Crippen LogP contribution in [0.15, 0.2) is 88.0 Å². The number of methoxy groups -OCH3 is 2. The molecule has 1 saturated heterocycles. The third kappa shape index (κ3) is 4.80. The van der Waals surface area contributed by atoms with E-state index in [0.29, 0.717) is 33.4 Å². The number of fused-ring (bicyclic) bond motifs is 5. The summed E-state index contributed by atoms with van der Waals surface area (Å²) in [6, 6.07) is 18.6. The monoisotopic (exact) mass is 778 g/mol. The van der Waals surface area contributed by atoms with Gasteiger partial charge < -0.3 is 14.6 Å². The first-order valence-electron chi connectivity index (χ1n) is 17.6. The van der Waals surface area contributed by atoms with Crippen LogP contribution in [-0.2, 0) is 23.2 Å². The molecule has 9 rings (SSSR count). The van der Waals surface area contributed by atoms with Crippen LogP contribution in [-0.4, -0.2) is 54.9 Å². The molecule has 0 unspecified atom stereocenters. The summed E-state index contributed by atoms with van der Waals surface area (Å²) in [5, 5.41) is 17.3. The fraction of sp³-hybridized carbons (Fsp3) is 0.275. The number of aryl methyl sites for hydroxylation is 2. The van der Waals surface area contributed by atoms with Crippen LogP contribution in [0.25, 0.3) is 26.3 Å². The van der Waals surface area contributed by atoms with Crippen molar-refractivity contribution in [2.75, 3.05) is 19.1 Å². The molecule has 2 amide bonds. The average molecular weight is 779 g/mol. The van der Waals surface area contributed by atoms with E-state index in [9.17, 15) is 19.5 Å². The van der Waals surface area contributed by atoms with Gasteiger partial charge in [-0.3, -0.25) is 14.3 Å². The number of allylic oxidation sites excluding steroid dienone is 2. The third-order valence-electron chi connectivity index (χ3n) is 11.6. The number of benzene rings is 3. The maximum atomic E-state index is 15.2. The molecule has 55 heavy (non-hydrogen) atoms. The third-order valence-corrected chi connectivity index (χ3v) is 13.1. The highest BCUT2D eigenvalue weighted by Gasteiger charge is 2.66. The van der Waals surface area contributed by atoms with Crippen LogP contribution >= 0.6 is 22.9 Å². The number of phenolic OH excluding ortho intramolecular Hbond substituents is 1. The second-order valence-electron chi connectivity index (χ2n) is 14.3. The first-order chi connectivity index (χ1) is 26.4. The molecule has 0 spiro atoms. The summed E-state index contributed by atoms with van der Waals surface area (Å²) in [4.78, 5) is 60.3. The number of hydrogen-bond acceptors (Lipinski definition) is 9. The van der Waals surface area contributed by atoms with Crippen molar-refractivity contribution in [3.8, 4) is 33.5 Å². The molecule has 280 valence electrons. The summed E-state index contributed by atoms with van der Waals surface area (Å²) in [6.07, 6.45) is 1.95. The van der Waals surface area contributed by atoms with E-state index in [-0.39, 0.29) is 30.2 Å². The van der Waals surface area contributed by atoms with Gasteiger partial charge in [-0.1, -0.05) is 35.9 Å². The van der Waals surface area contributed by atoms with E-state index >= 15 is 4.79 Å². The van der Waals surface area contributed by atoms with E-state index in [1.807, 2.05) is 31.2 Å². The number of hydrogen-bond donors (Lipinski definition) is 1. The quantitative estimate of drug-likeness (QED) is 0.161. The zero-order valence-electron chi connectivity index (χ0n) is 30.4. The summed E-state index contributed by atoms with van der Waals surface area (Å²) in [5.74, 6) is -2.32. The number of amides is 2. The molecular formula is C40H35ClN6O7S. The lowest BCUT2D eigenvalue weighted by atomic mass is 9.56. The van der Waals surface area contributed by atoms with Crippen molar-refractivity contribution >= 4 is 50.7 Å². The molecule has 4 atom stereocenters. The van der Waals surface area contributed by atoms with Gasteiger partial charge in [0, 0.05) is 28.8 Å². The van der Waals surface area contributed by atoms with Gasteiger partial charge in [-0.15, -0.1) is 11.3 Å². The number of rotatable bonds is 6. The number of nitrogens with zero attached hydrogens (tertiary/aromatic N) is 6. The van der Waals surface area contributed by atoms with E-state index in [4.69, 9.17) is 26.2 Å². The number of anilines is 1. The number of halogens is 1. The van der Waals surface area contributed by atoms with Gasteiger partial charge in [-0.2, -0.15) is 5.10 Å². The van der Waals surface area contributed by atoms with Gasteiger partial charge in [0.05, 0.1) is 48.7 Å². The second-order valence-corrected chi connectivity index (χ2v) is 15.8. The maximum Gasteiger partial charge on any atom is 0.352 e. The minimum atomic E-state index is -1.38. The molecule has 3 aromatic carbocycles. The first kappa shape index (κ1) is 34.9. The van der Waals surface area contributed by atoms with Crippen LogP contribution in [0.1, 0.15) is 36.4 Å². The molecule has 15 heteroatoms. The molecule has 3 aliphatic rings. The molecule has 13 nitrogen and oxygen atoms in total. The Labute approximate surface area is 322 Å². The minimum absolute atomic E-state index is 0.0556. The Morgan fingerprint density at radius 1 is 0.964 bits per heavy atom. The van der Waals surface area contributed by atoms with E-state index in [1.54, 1.807) is 78.5 Å². The highest BCUT2D eigenvalue weighted by Crippen LogP contribution is 2.62. The normalized spacial score (nSPS) is 21.7. The summed E-state index contributed by atoms with van der Waals surface area (Å²) in [5.41, 5.74) is 0.782.